The fourth-order valence-electron chi connectivity index (χ4n) is 2.50. The van der Waals surface area contributed by atoms with Crippen LogP contribution in [0, 0.1) is 0 Å². The predicted molar refractivity (Wildman–Crippen MR) is 112 cm³/mol. The smallest absolute Gasteiger partial charge is 0.284 e. The van der Waals surface area contributed by atoms with Crippen LogP contribution in [0.25, 0.3) is 6.08 Å². The number of amidine groups is 1. The van der Waals surface area contributed by atoms with Gasteiger partial charge in [-0.1, -0.05) is 23.7 Å². The van der Waals surface area contributed by atoms with Crippen molar-refractivity contribution in [3.63, 3.8) is 0 Å². The van der Waals surface area contributed by atoms with Crippen molar-refractivity contribution in [3.05, 3.63) is 64.0 Å². The van der Waals surface area contributed by atoms with Crippen molar-refractivity contribution in [1.82, 2.24) is 4.90 Å². The first kappa shape index (κ1) is 20.4. The highest BCUT2D eigenvalue weighted by molar-refractivity contribution is 8.19. The van der Waals surface area contributed by atoms with Crippen LogP contribution in [0.5, 0.6) is 5.75 Å². The fourth-order valence-corrected chi connectivity index (χ4v) is 4.87. The molecule has 1 fully saturated rings. The molecule has 0 atom stereocenters. The highest BCUT2D eigenvalue weighted by Crippen LogP contribution is 2.34. The van der Waals surface area contributed by atoms with Gasteiger partial charge in [-0.3, -0.25) is 9.69 Å². The minimum atomic E-state index is -3.97. The van der Waals surface area contributed by atoms with Crippen molar-refractivity contribution in [2.75, 3.05) is 13.7 Å². The van der Waals surface area contributed by atoms with E-state index in [2.05, 4.69) is 4.40 Å². The van der Waals surface area contributed by atoms with Crippen molar-refractivity contribution in [3.8, 4) is 5.75 Å². The van der Waals surface area contributed by atoms with Crippen molar-refractivity contribution >= 4 is 50.5 Å². The third-order valence-electron chi connectivity index (χ3n) is 3.91. The molecule has 1 saturated heterocycles. The Balaban J connectivity index is 1.96. The van der Waals surface area contributed by atoms with E-state index in [1.165, 1.54) is 29.2 Å². The van der Waals surface area contributed by atoms with Gasteiger partial charge in [-0.05, 0) is 66.7 Å². The molecule has 146 valence electrons. The molecule has 28 heavy (non-hydrogen) atoms. The second kappa shape index (κ2) is 8.38. The van der Waals surface area contributed by atoms with Crippen LogP contribution in [0.1, 0.15) is 12.5 Å². The average molecular weight is 437 g/mol. The molecule has 1 heterocycles. The topological polar surface area (TPSA) is 76.0 Å². The molecule has 0 aromatic heterocycles. The van der Waals surface area contributed by atoms with Crippen LogP contribution in [0.3, 0.4) is 0 Å². The van der Waals surface area contributed by atoms with Gasteiger partial charge >= 0.3 is 0 Å². The molecule has 0 aliphatic carbocycles. The summed E-state index contributed by atoms with van der Waals surface area (Å²) in [5.41, 5.74) is 0.771. The molecule has 0 unspecified atom stereocenters. The molecule has 0 bridgehead atoms. The Hall–Kier alpha value is -2.29. The van der Waals surface area contributed by atoms with E-state index in [9.17, 15) is 13.2 Å². The van der Waals surface area contributed by atoms with Gasteiger partial charge in [-0.25, -0.2) is 0 Å². The maximum Gasteiger partial charge on any atom is 0.284 e. The monoisotopic (exact) mass is 436 g/mol. The maximum atomic E-state index is 12.7. The third-order valence-corrected chi connectivity index (χ3v) is 6.56. The van der Waals surface area contributed by atoms with Gasteiger partial charge in [0.1, 0.15) is 5.75 Å². The molecule has 6 nitrogen and oxygen atoms in total. The van der Waals surface area contributed by atoms with E-state index in [1.807, 2.05) is 12.1 Å². The van der Waals surface area contributed by atoms with Crippen molar-refractivity contribution in [1.29, 1.82) is 0 Å². The molecule has 0 N–H and O–H groups in total. The lowest BCUT2D eigenvalue weighted by Gasteiger charge is -2.11. The van der Waals surface area contributed by atoms with E-state index in [0.29, 0.717) is 22.2 Å². The van der Waals surface area contributed by atoms with Crippen LogP contribution >= 0.6 is 23.4 Å². The second-order valence-corrected chi connectivity index (χ2v) is 8.79. The highest BCUT2D eigenvalue weighted by atomic mass is 35.5. The molecule has 2 aromatic rings. The Labute approximate surface area is 172 Å². The minimum absolute atomic E-state index is 0.0127. The van der Waals surface area contributed by atoms with Crippen molar-refractivity contribution < 1.29 is 17.9 Å². The lowest BCUT2D eigenvalue weighted by Crippen LogP contribution is -2.29. The number of nitrogens with zero attached hydrogens (tertiary/aromatic N) is 2. The number of amides is 1. The molecule has 0 radical (unpaired) electrons. The number of methoxy groups -OCH3 is 1. The molecular formula is C19H17ClN2O4S2. The normalized spacial score (nSPS) is 17.5. The first-order valence-electron chi connectivity index (χ1n) is 8.30. The second-order valence-electron chi connectivity index (χ2n) is 5.74. The Morgan fingerprint density at radius 3 is 2.57 bits per heavy atom. The molecule has 1 amide bonds. The molecule has 9 heteroatoms. The van der Waals surface area contributed by atoms with E-state index >= 15 is 0 Å². The fraction of sp³-hybridized carbons (Fsp3) is 0.158. The summed E-state index contributed by atoms with van der Waals surface area (Å²) in [7, 11) is -2.40. The summed E-state index contributed by atoms with van der Waals surface area (Å²) in [5.74, 6) is 0.372. The average Bonchev–Trinajstić information content (AvgIpc) is 2.95. The standard InChI is InChI=1S/C19H17ClN2O4S2/c1-3-22-18(23)17(12-13-5-4-6-15(11-13)26-2)27-19(22)21-28(24,25)16-9-7-14(20)8-10-16/h4-12H,3H2,1-2H3/b17-12-,21-19+. The number of likely N-dealkylation sites (N-methyl/N-ethyl adjacent to an activating group) is 1. The van der Waals surface area contributed by atoms with Gasteiger partial charge in [0.25, 0.3) is 15.9 Å². The van der Waals surface area contributed by atoms with Gasteiger partial charge in [0, 0.05) is 11.6 Å². The number of rotatable bonds is 5. The number of halogens is 1. The Bertz CT molecular complexity index is 1060. The number of carbonyl (C=O) groups is 1. The Morgan fingerprint density at radius 2 is 1.93 bits per heavy atom. The number of ether oxygens (including phenoxy) is 1. The zero-order valence-electron chi connectivity index (χ0n) is 15.1. The van der Waals surface area contributed by atoms with Gasteiger partial charge < -0.3 is 4.74 Å². The van der Waals surface area contributed by atoms with Gasteiger partial charge in [0.2, 0.25) is 0 Å². The minimum Gasteiger partial charge on any atom is -0.497 e. The van der Waals surface area contributed by atoms with Crippen LogP contribution in [-0.4, -0.2) is 38.0 Å². The van der Waals surface area contributed by atoms with Crippen LogP contribution < -0.4 is 4.74 Å². The van der Waals surface area contributed by atoms with E-state index in [0.717, 1.165) is 17.3 Å². The van der Waals surface area contributed by atoms with Crippen LogP contribution in [0.2, 0.25) is 5.02 Å². The zero-order chi connectivity index (χ0) is 20.3. The van der Waals surface area contributed by atoms with Crippen molar-refractivity contribution in [2.45, 2.75) is 11.8 Å². The van der Waals surface area contributed by atoms with Gasteiger partial charge in [-0.2, -0.15) is 8.42 Å². The van der Waals surface area contributed by atoms with E-state index in [1.54, 1.807) is 32.2 Å². The molecule has 2 aromatic carbocycles. The largest absolute Gasteiger partial charge is 0.497 e. The third kappa shape index (κ3) is 4.40. The maximum absolute atomic E-state index is 12.7. The summed E-state index contributed by atoms with van der Waals surface area (Å²) in [6.45, 7) is 2.06. The first-order valence-corrected chi connectivity index (χ1v) is 10.9. The zero-order valence-corrected chi connectivity index (χ0v) is 17.5. The summed E-state index contributed by atoms with van der Waals surface area (Å²) in [4.78, 5) is 14.4. The molecule has 1 aliphatic rings. The molecule has 0 spiro atoms. The van der Waals surface area contributed by atoms with E-state index in [-0.39, 0.29) is 16.0 Å². The molecule has 0 saturated carbocycles. The van der Waals surface area contributed by atoms with Gasteiger partial charge in [0.05, 0.1) is 16.9 Å². The number of sulfonamides is 1. The Morgan fingerprint density at radius 1 is 1.21 bits per heavy atom. The van der Waals surface area contributed by atoms with Gasteiger partial charge in [-0.15, -0.1) is 4.40 Å². The lowest BCUT2D eigenvalue weighted by atomic mass is 10.2. The van der Waals surface area contributed by atoms with E-state index < -0.39 is 10.0 Å². The molecule has 1 aliphatic heterocycles. The summed E-state index contributed by atoms with van der Waals surface area (Å²) >= 11 is 6.84. The number of hydrogen-bond donors (Lipinski definition) is 0. The quantitative estimate of drug-likeness (QED) is 0.661. The van der Waals surface area contributed by atoms with E-state index in [4.69, 9.17) is 16.3 Å². The Kier molecular flexibility index (Phi) is 6.12. The summed E-state index contributed by atoms with van der Waals surface area (Å²) in [5, 5.41) is 0.548. The molecular weight excluding hydrogens is 420 g/mol. The summed E-state index contributed by atoms with van der Waals surface area (Å²) < 4.78 is 34.3. The molecule has 3 rings (SSSR count). The summed E-state index contributed by atoms with van der Waals surface area (Å²) in [6.07, 6.45) is 1.69. The predicted octanol–water partition coefficient (Wildman–Crippen LogP) is 4.03. The number of thioether (sulfide) groups is 1. The SMILES string of the molecule is CCN1C(=O)/C(=C/c2cccc(OC)c2)S/C1=N/S(=O)(=O)c1ccc(Cl)cc1. The van der Waals surface area contributed by atoms with Crippen LogP contribution in [-0.2, 0) is 14.8 Å². The van der Waals surface area contributed by atoms with Crippen LogP contribution in [0.15, 0.2) is 62.7 Å². The van der Waals surface area contributed by atoms with Gasteiger partial charge in [0.15, 0.2) is 5.17 Å². The summed E-state index contributed by atoms with van der Waals surface area (Å²) in [6, 6.07) is 13.0. The highest BCUT2D eigenvalue weighted by Gasteiger charge is 2.34. The van der Waals surface area contributed by atoms with Crippen molar-refractivity contribution in [2.24, 2.45) is 4.40 Å². The van der Waals surface area contributed by atoms with Crippen LogP contribution in [0.4, 0.5) is 0 Å². The number of carbonyl (C=O) groups excluding carboxylic acids is 1. The number of benzene rings is 2. The lowest BCUT2D eigenvalue weighted by molar-refractivity contribution is -0.122. The number of hydrogen-bond acceptors (Lipinski definition) is 5. The first-order chi connectivity index (χ1) is 13.3.